The maximum atomic E-state index is 8.87. The normalized spacial score (nSPS) is 14.1. The van der Waals surface area contributed by atoms with Gasteiger partial charge in [-0.15, -0.1) is 0 Å². The second kappa shape index (κ2) is 24.9. The first-order chi connectivity index (χ1) is 21.2. The number of aliphatic hydroxyl groups excluding tert-OH is 2. The van der Waals surface area contributed by atoms with E-state index in [-0.39, 0.29) is 82.9 Å². The van der Waals surface area contributed by atoms with Gasteiger partial charge in [0, 0.05) is 56.1 Å². The zero-order valence-corrected chi connectivity index (χ0v) is 38.6. The number of pyridine rings is 2. The average Bonchev–Trinajstić information content (AvgIpc) is 3.72. The Morgan fingerprint density at radius 1 is 0.913 bits per heavy atom. The second-order valence-electron chi connectivity index (χ2n) is 10.1. The molecule has 46 heavy (non-hydrogen) atoms. The molecule has 0 amide bonds. The van der Waals surface area contributed by atoms with Crippen LogP contribution in [0.25, 0.3) is 11.3 Å². The summed E-state index contributed by atoms with van der Waals surface area (Å²) in [7, 11) is 0.294. The van der Waals surface area contributed by atoms with E-state index in [1.54, 1.807) is 46.3 Å². The number of rotatable bonds is 5. The summed E-state index contributed by atoms with van der Waals surface area (Å²) in [5.41, 5.74) is 3.85. The minimum atomic E-state index is -3.15. The molecule has 1 aliphatic rings. The van der Waals surface area contributed by atoms with Crippen LogP contribution >= 0.6 is 19.9 Å². The Kier molecular flexibility index (Phi) is 25.9. The van der Waals surface area contributed by atoms with Gasteiger partial charge < -0.3 is 29.7 Å². The third-order valence-corrected chi connectivity index (χ3v) is 6.64. The summed E-state index contributed by atoms with van der Waals surface area (Å²) in [4.78, 5) is 16.8. The van der Waals surface area contributed by atoms with E-state index in [1.165, 1.54) is 63.2 Å². The number of hydrogen-bond acceptors (Lipinski definition) is 12. The quantitative estimate of drug-likeness (QED) is 0.0715. The SMILES string of the molecule is Cn1cc(-c2ccc(CO)cn2)cn1.Cn1cc(B2OC(C)(C)C(C)(C)O2)cn1.O=[P+]([O-])O[O-].OCc1ccc(Cl)nc1.[K+].[K][K]. The van der Waals surface area contributed by atoms with Crippen LogP contribution in [-0.4, -0.2) is 121 Å². The summed E-state index contributed by atoms with van der Waals surface area (Å²) < 4.78 is 26.6. The fraction of sp³-hybridized carbons (Fsp3) is 0.385. The molecule has 5 heterocycles. The molecule has 1 fully saturated rings. The van der Waals surface area contributed by atoms with Gasteiger partial charge in [0.1, 0.15) is 5.15 Å². The Morgan fingerprint density at radius 2 is 1.39 bits per heavy atom. The molecule has 0 saturated carbocycles. The van der Waals surface area contributed by atoms with Crippen LogP contribution in [0.1, 0.15) is 38.8 Å². The molecule has 14 nitrogen and oxygen atoms in total. The van der Waals surface area contributed by atoms with E-state index < -0.39 is 8.25 Å². The van der Waals surface area contributed by atoms with E-state index in [0.29, 0.717) is 5.15 Å². The van der Waals surface area contributed by atoms with Gasteiger partial charge in [-0.1, -0.05) is 23.7 Å². The van der Waals surface area contributed by atoms with Crippen molar-refractivity contribution in [3.63, 3.8) is 0 Å². The zero-order valence-electron chi connectivity index (χ0n) is 27.6. The molecular formula is C26H34BClK3N6O8P. The van der Waals surface area contributed by atoms with Crippen molar-refractivity contribution in [2.24, 2.45) is 14.1 Å². The van der Waals surface area contributed by atoms with Crippen LogP contribution in [0.2, 0.25) is 5.15 Å². The van der Waals surface area contributed by atoms with Crippen LogP contribution in [0, 0.1) is 0 Å². The fourth-order valence-electron chi connectivity index (χ4n) is 3.28. The first-order valence-corrected chi connectivity index (χ1v) is 31.2. The third kappa shape index (κ3) is 17.3. The van der Waals surface area contributed by atoms with Crippen LogP contribution < -0.4 is 67.0 Å². The number of aliphatic hydroxyl groups is 2. The van der Waals surface area contributed by atoms with E-state index in [0.717, 1.165) is 27.8 Å². The molecule has 234 valence electrons. The Morgan fingerprint density at radius 3 is 1.74 bits per heavy atom. The molecular weight excluding hydrogens is 719 g/mol. The Bertz CT molecular complexity index is 1420. The van der Waals surface area contributed by atoms with Gasteiger partial charge in [0.15, 0.2) is 0 Å². The van der Waals surface area contributed by atoms with Crippen LogP contribution in [0.4, 0.5) is 0 Å². The van der Waals surface area contributed by atoms with Crippen molar-refractivity contribution >= 4 is 95.6 Å². The van der Waals surface area contributed by atoms with E-state index in [4.69, 9.17) is 45.8 Å². The summed E-state index contributed by atoms with van der Waals surface area (Å²) in [5.74, 6) is 0. The number of aryl methyl sites for hydroxylation is 2. The molecule has 1 atom stereocenters. The topological polar surface area (TPSA) is 193 Å². The monoisotopic (exact) mass is 752 g/mol. The van der Waals surface area contributed by atoms with Gasteiger partial charge in [-0.2, -0.15) is 10.2 Å². The molecule has 0 aromatic carbocycles. The Balaban J connectivity index is 0.000000607. The predicted octanol–water partition coefficient (Wildman–Crippen LogP) is -2.54. The van der Waals surface area contributed by atoms with Gasteiger partial charge in [0.05, 0.1) is 36.3 Å². The van der Waals surface area contributed by atoms with E-state index >= 15 is 0 Å². The minimum absolute atomic E-state index is 0. The van der Waals surface area contributed by atoms with E-state index in [1.807, 2.05) is 66.3 Å². The number of aromatic nitrogens is 6. The van der Waals surface area contributed by atoms with Crippen LogP contribution in [0.5, 0.6) is 0 Å². The molecule has 4 aromatic rings. The molecule has 0 spiro atoms. The zero-order chi connectivity index (χ0) is 34.2. The van der Waals surface area contributed by atoms with Crippen molar-refractivity contribution < 1.29 is 90.3 Å². The predicted molar refractivity (Wildman–Crippen MR) is 167 cm³/mol. The van der Waals surface area contributed by atoms with E-state index in [2.05, 4.69) is 24.8 Å². The molecule has 5 rings (SSSR count). The van der Waals surface area contributed by atoms with Gasteiger partial charge in [-0.05, 0) is 55.5 Å². The summed E-state index contributed by atoms with van der Waals surface area (Å²) in [6.45, 7) is 8.23. The Hall–Kier alpha value is 1.80. The van der Waals surface area contributed by atoms with Crippen molar-refractivity contribution in [2.45, 2.75) is 52.1 Å². The van der Waals surface area contributed by atoms with Crippen molar-refractivity contribution in [2.75, 3.05) is 0 Å². The van der Waals surface area contributed by atoms with E-state index in [9.17, 15) is 0 Å². The fourth-order valence-corrected chi connectivity index (χ4v) is 3.40. The molecule has 1 saturated heterocycles. The van der Waals surface area contributed by atoms with Gasteiger partial charge in [-0.3, -0.25) is 14.3 Å². The molecule has 1 aliphatic heterocycles. The molecule has 0 radical (unpaired) electrons. The van der Waals surface area contributed by atoms with Crippen molar-refractivity contribution in [1.82, 2.24) is 29.5 Å². The standard InChI is InChI=1S/C10H17BN2O2.C10H11N3O.C6H6ClNO.3K.HO4P/c1-9(2)10(3,4)15-11(14-9)8-6-12-13(5)7-8;1-13-6-9(5-12-13)10-3-2-8(7-14)4-11-10;7-6-2-1-5(4-9)3-8-6;;;;1-4-5(2)3/h6-7H,1-5H3;2-6,14H,7H2,1H3;1-3,9H,4H2;;;;1H/q;;;;;+1;/p-1. The summed E-state index contributed by atoms with van der Waals surface area (Å²) in [5, 5.41) is 34.6. The molecule has 1 unspecified atom stereocenters. The first-order valence-electron chi connectivity index (χ1n) is 13.8. The number of halogens is 1. The second-order valence-corrected chi connectivity index (χ2v) is 11.1. The number of hydrogen-bond donors (Lipinski definition) is 2. The summed E-state index contributed by atoms with van der Waals surface area (Å²) in [6, 6.07) is 7.11. The average molecular weight is 753 g/mol. The van der Waals surface area contributed by atoms with Gasteiger partial charge >= 0.3 is 130 Å². The first kappa shape index (κ1) is 47.8. The molecule has 0 aliphatic carbocycles. The van der Waals surface area contributed by atoms with Crippen LogP contribution in [0.15, 0.2) is 61.4 Å². The van der Waals surface area contributed by atoms with Crippen molar-refractivity contribution in [3.8, 4) is 11.3 Å². The number of nitrogens with zero attached hydrogens (tertiary/aromatic N) is 6. The summed E-state index contributed by atoms with van der Waals surface area (Å²) in [6.07, 6.45) is 10.6. The van der Waals surface area contributed by atoms with Crippen molar-refractivity contribution in [3.05, 3.63) is 77.7 Å². The molecule has 0 bridgehead atoms. The van der Waals surface area contributed by atoms with Crippen molar-refractivity contribution in [1.29, 1.82) is 0 Å². The molecule has 20 heteroatoms. The third-order valence-electron chi connectivity index (χ3n) is 6.29. The van der Waals surface area contributed by atoms with Gasteiger partial charge in [0.25, 0.3) is 0 Å². The molecule has 2 N–H and O–H groups in total. The van der Waals surface area contributed by atoms with Gasteiger partial charge in [-0.25, -0.2) is 9.66 Å². The maximum absolute atomic E-state index is 8.87. The van der Waals surface area contributed by atoms with Crippen LogP contribution in [0.3, 0.4) is 0 Å². The summed E-state index contributed by atoms with van der Waals surface area (Å²) >= 11 is 7.98. The van der Waals surface area contributed by atoms with Gasteiger partial charge in [0.2, 0.25) is 0 Å². The Labute approximate surface area is 363 Å². The van der Waals surface area contributed by atoms with Crippen LogP contribution in [-0.2, 0) is 45.9 Å². The molecule has 4 aromatic heterocycles.